The van der Waals surface area contributed by atoms with E-state index in [2.05, 4.69) is 0 Å². The van der Waals surface area contributed by atoms with Crippen LogP contribution in [0.25, 0.3) is 0 Å². The summed E-state index contributed by atoms with van der Waals surface area (Å²) in [7, 11) is 1.37. The Morgan fingerprint density at radius 3 is 2.52 bits per heavy atom. The van der Waals surface area contributed by atoms with Gasteiger partial charge in [0.1, 0.15) is 5.54 Å². The van der Waals surface area contributed by atoms with Crippen molar-refractivity contribution in [3.8, 4) is 0 Å². The average molecular weight is 291 g/mol. The van der Waals surface area contributed by atoms with Gasteiger partial charge in [0.15, 0.2) is 0 Å². The van der Waals surface area contributed by atoms with Crippen LogP contribution in [-0.2, 0) is 19.8 Å². The Hall–Kier alpha value is -1.39. The van der Waals surface area contributed by atoms with E-state index in [0.29, 0.717) is 19.1 Å². The van der Waals surface area contributed by atoms with E-state index >= 15 is 0 Å². The van der Waals surface area contributed by atoms with Gasteiger partial charge < -0.3 is 15.2 Å². The van der Waals surface area contributed by atoms with Gasteiger partial charge in [-0.1, -0.05) is 49.6 Å². The highest BCUT2D eigenvalue weighted by molar-refractivity contribution is 5.82. The van der Waals surface area contributed by atoms with Crippen LogP contribution in [0.1, 0.15) is 44.1 Å². The molecule has 21 heavy (non-hydrogen) atoms. The first-order valence-electron chi connectivity index (χ1n) is 7.71. The summed E-state index contributed by atoms with van der Waals surface area (Å²) in [5, 5.41) is 0. The van der Waals surface area contributed by atoms with E-state index < -0.39 is 11.5 Å². The van der Waals surface area contributed by atoms with Crippen molar-refractivity contribution in [1.29, 1.82) is 0 Å². The molecule has 0 bridgehead atoms. The van der Waals surface area contributed by atoms with Crippen LogP contribution in [0.15, 0.2) is 30.3 Å². The molecule has 1 unspecified atom stereocenters. The van der Waals surface area contributed by atoms with Crippen LogP contribution in [-0.4, -0.2) is 25.8 Å². The maximum Gasteiger partial charge on any atom is 0.330 e. The summed E-state index contributed by atoms with van der Waals surface area (Å²) in [5.74, 6) is -0.416. The van der Waals surface area contributed by atoms with Gasteiger partial charge in [-0.2, -0.15) is 0 Å². The largest absolute Gasteiger partial charge is 0.467 e. The van der Waals surface area contributed by atoms with Gasteiger partial charge in [-0.3, -0.25) is 0 Å². The SMILES string of the molecule is COC(=O)C(N)(CCOC1CCCCC1)c1ccccc1. The summed E-state index contributed by atoms with van der Waals surface area (Å²) in [6, 6.07) is 9.37. The number of hydrogen-bond acceptors (Lipinski definition) is 4. The Morgan fingerprint density at radius 2 is 1.90 bits per heavy atom. The standard InChI is InChI=1S/C17H25NO3/c1-20-16(19)17(18,14-8-4-2-5-9-14)12-13-21-15-10-6-3-7-11-15/h2,4-5,8-9,15H,3,6-7,10-13,18H2,1H3. The van der Waals surface area contributed by atoms with E-state index in [0.717, 1.165) is 18.4 Å². The predicted octanol–water partition coefficient (Wildman–Crippen LogP) is 2.75. The summed E-state index contributed by atoms with van der Waals surface area (Å²) in [6.45, 7) is 0.477. The fourth-order valence-electron chi connectivity index (χ4n) is 2.90. The molecule has 0 aliphatic heterocycles. The van der Waals surface area contributed by atoms with Crippen molar-refractivity contribution in [1.82, 2.24) is 0 Å². The molecule has 2 rings (SSSR count). The van der Waals surface area contributed by atoms with Gasteiger partial charge in [0.2, 0.25) is 0 Å². The Balaban J connectivity index is 1.98. The van der Waals surface area contributed by atoms with Crippen LogP contribution in [0.3, 0.4) is 0 Å². The Kier molecular flexibility index (Phi) is 5.76. The monoisotopic (exact) mass is 291 g/mol. The molecule has 116 valence electrons. The lowest BCUT2D eigenvalue weighted by atomic mass is 9.88. The molecule has 1 aromatic rings. The second kappa shape index (κ2) is 7.57. The highest BCUT2D eigenvalue weighted by atomic mass is 16.5. The molecule has 4 heteroatoms. The van der Waals surface area contributed by atoms with Gasteiger partial charge in [0.25, 0.3) is 0 Å². The van der Waals surface area contributed by atoms with Crippen LogP contribution < -0.4 is 5.73 Å². The minimum absolute atomic E-state index is 0.316. The summed E-state index contributed by atoms with van der Waals surface area (Å²) in [6.07, 6.45) is 6.73. The third-order valence-corrected chi connectivity index (χ3v) is 4.24. The molecule has 0 heterocycles. The number of methoxy groups -OCH3 is 1. The first kappa shape index (κ1) is 16.0. The van der Waals surface area contributed by atoms with E-state index in [-0.39, 0.29) is 0 Å². The van der Waals surface area contributed by atoms with Crippen LogP contribution >= 0.6 is 0 Å². The smallest absolute Gasteiger partial charge is 0.330 e. The van der Waals surface area contributed by atoms with Gasteiger partial charge in [-0.05, 0) is 18.4 Å². The van der Waals surface area contributed by atoms with Crippen LogP contribution in [0, 0.1) is 0 Å². The molecular weight excluding hydrogens is 266 g/mol. The number of nitrogens with two attached hydrogens (primary N) is 1. The fourth-order valence-corrected chi connectivity index (χ4v) is 2.90. The van der Waals surface area contributed by atoms with Gasteiger partial charge in [-0.15, -0.1) is 0 Å². The van der Waals surface area contributed by atoms with Crippen molar-refractivity contribution >= 4 is 5.97 Å². The highest BCUT2D eigenvalue weighted by Crippen LogP contribution is 2.26. The number of carbonyl (C=O) groups is 1. The van der Waals surface area contributed by atoms with Crippen molar-refractivity contribution < 1.29 is 14.3 Å². The Labute approximate surface area is 126 Å². The van der Waals surface area contributed by atoms with E-state index in [1.165, 1.54) is 26.4 Å². The normalized spacial score (nSPS) is 19.0. The lowest BCUT2D eigenvalue weighted by Gasteiger charge is -2.29. The summed E-state index contributed by atoms with van der Waals surface area (Å²) >= 11 is 0. The Bertz CT molecular complexity index is 443. The molecule has 1 aliphatic carbocycles. The maximum atomic E-state index is 12.1. The molecule has 0 aromatic heterocycles. The molecule has 0 radical (unpaired) electrons. The van der Waals surface area contributed by atoms with Gasteiger partial charge in [0, 0.05) is 13.0 Å². The van der Waals surface area contributed by atoms with Crippen molar-refractivity contribution in [2.75, 3.05) is 13.7 Å². The van der Waals surface area contributed by atoms with Crippen molar-refractivity contribution in [3.63, 3.8) is 0 Å². The molecule has 0 saturated heterocycles. The zero-order valence-electron chi connectivity index (χ0n) is 12.7. The lowest BCUT2D eigenvalue weighted by molar-refractivity contribution is -0.148. The second-order valence-electron chi connectivity index (χ2n) is 5.71. The summed E-state index contributed by atoms with van der Waals surface area (Å²) < 4.78 is 10.8. The molecule has 1 aromatic carbocycles. The highest BCUT2D eigenvalue weighted by Gasteiger charge is 2.37. The average Bonchev–Trinajstić information content (AvgIpc) is 2.55. The molecule has 2 N–H and O–H groups in total. The van der Waals surface area contributed by atoms with Crippen LogP contribution in [0.2, 0.25) is 0 Å². The minimum Gasteiger partial charge on any atom is -0.467 e. The molecule has 1 atom stereocenters. The Morgan fingerprint density at radius 1 is 1.24 bits per heavy atom. The first-order valence-corrected chi connectivity index (χ1v) is 7.71. The fraction of sp³-hybridized carbons (Fsp3) is 0.588. The third kappa shape index (κ3) is 4.05. The maximum absolute atomic E-state index is 12.1. The third-order valence-electron chi connectivity index (χ3n) is 4.24. The first-order chi connectivity index (χ1) is 10.2. The van der Waals surface area contributed by atoms with E-state index in [1.807, 2.05) is 30.3 Å². The number of ether oxygens (including phenoxy) is 2. The van der Waals surface area contributed by atoms with E-state index in [1.54, 1.807) is 0 Å². The molecule has 1 saturated carbocycles. The van der Waals surface area contributed by atoms with E-state index in [4.69, 9.17) is 15.2 Å². The van der Waals surface area contributed by atoms with Gasteiger partial charge in [0.05, 0.1) is 13.2 Å². The number of esters is 1. The molecule has 1 aliphatic rings. The van der Waals surface area contributed by atoms with Crippen molar-refractivity contribution in [2.24, 2.45) is 5.73 Å². The summed E-state index contributed by atoms with van der Waals surface area (Å²) in [5.41, 5.74) is 5.97. The second-order valence-corrected chi connectivity index (χ2v) is 5.71. The quantitative estimate of drug-likeness (QED) is 0.819. The molecule has 0 spiro atoms. The predicted molar refractivity (Wildman–Crippen MR) is 81.8 cm³/mol. The topological polar surface area (TPSA) is 61.5 Å². The zero-order chi connectivity index (χ0) is 15.1. The number of benzene rings is 1. The lowest BCUT2D eigenvalue weighted by Crippen LogP contribution is -2.46. The summed E-state index contributed by atoms with van der Waals surface area (Å²) in [4.78, 5) is 12.1. The zero-order valence-corrected chi connectivity index (χ0v) is 12.7. The van der Waals surface area contributed by atoms with E-state index in [9.17, 15) is 4.79 Å². The molecule has 4 nitrogen and oxygen atoms in total. The molecule has 1 fully saturated rings. The minimum atomic E-state index is -1.13. The number of hydrogen-bond donors (Lipinski definition) is 1. The van der Waals surface area contributed by atoms with Crippen LogP contribution in [0.5, 0.6) is 0 Å². The van der Waals surface area contributed by atoms with Crippen molar-refractivity contribution in [2.45, 2.75) is 50.2 Å². The number of rotatable bonds is 6. The van der Waals surface area contributed by atoms with Crippen LogP contribution in [0.4, 0.5) is 0 Å². The molecular formula is C17H25NO3. The molecule has 0 amide bonds. The van der Waals surface area contributed by atoms with Gasteiger partial charge >= 0.3 is 5.97 Å². The number of carbonyl (C=O) groups excluding carboxylic acids is 1. The van der Waals surface area contributed by atoms with Gasteiger partial charge in [-0.25, -0.2) is 4.79 Å². The van der Waals surface area contributed by atoms with Crippen molar-refractivity contribution in [3.05, 3.63) is 35.9 Å².